The van der Waals surface area contributed by atoms with Crippen molar-refractivity contribution in [3.8, 4) is 0 Å². The molecule has 0 aliphatic rings. The van der Waals surface area contributed by atoms with E-state index >= 15 is 0 Å². The van der Waals surface area contributed by atoms with Gasteiger partial charge in [-0.3, -0.25) is 0 Å². The Morgan fingerprint density at radius 2 is 1.94 bits per heavy atom. The number of ether oxygens (including phenoxy) is 1. The molecule has 0 radical (unpaired) electrons. The minimum atomic E-state index is -3.59. The third-order valence-corrected chi connectivity index (χ3v) is 5.06. The summed E-state index contributed by atoms with van der Waals surface area (Å²) in [4.78, 5) is 0.175. The van der Waals surface area contributed by atoms with Gasteiger partial charge in [-0.05, 0) is 13.8 Å². The van der Waals surface area contributed by atoms with E-state index in [1.165, 1.54) is 18.5 Å². The van der Waals surface area contributed by atoms with Gasteiger partial charge in [-0.1, -0.05) is 0 Å². The van der Waals surface area contributed by atoms with Crippen LogP contribution >= 0.6 is 11.6 Å². The van der Waals surface area contributed by atoms with Crippen LogP contribution in [0.4, 0.5) is 0 Å². The predicted octanol–water partition coefficient (Wildman–Crippen LogP) is 1.90. The lowest BCUT2D eigenvalue weighted by Gasteiger charge is -2.16. The Hall–Kier alpha value is -0.560. The van der Waals surface area contributed by atoms with Gasteiger partial charge in [0.2, 0.25) is 10.0 Å². The minimum absolute atomic E-state index is 0.107. The van der Waals surface area contributed by atoms with Gasteiger partial charge in [0.25, 0.3) is 0 Å². The van der Waals surface area contributed by atoms with E-state index in [0.717, 1.165) is 0 Å². The molecule has 0 spiro atoms. The van der Waals surface area contributed by atoms with Crippen LogP contribution in [0, 0.1) is 13.8 Å². The lowest BCUT2D eigenvalue weighted by Crippen LogP contribution is -2.30. The van der Waals surface area contributed by atoms with E-state index in [1.807, 2.05) is 0 Å². The molecule has 5 nitrogen and oxygen atoms in total. The number of alkyl halides is 1. The van der Waals surface area contributed by atoms with Crippen molar-refractivity contribution in [3.63, 3.8) is 0 Å². The first-order valence-corrected chi connectivity index (χ1v) is 7.43. The Balaban J connectivity index is 3.20. The standard InChI is InChI=1S/C11H18ClNO4S/c1-8-10(7-12)11(9(2)17-8)18(14,15)13(3)5-6-16-4/h5-7H2,1-4H3. The van der Waals surface area contributed by atoms with Gasteiger partial charge in [-0.2, -0.15) is 4.31 Å². The van der Waals surface area contributed by atoms with Crippen LogP contribution in [0.1, 0.15) is 17.1 Å². The van der Waals surface area contributed by atoms with Crippen molar-refractivity contribution in [2.45, 2.75) is 24.6 Å². The van der Waals surface area contributed by atoms with Gasteiger partial charge in [0, 0.05) is 26.3 Å². The minimum Gasteiger partial charge on any atom is -0.465 e. The maximum atomic E-state index is 12.4. The second kappa shape index (κ2) is 6.06. The molecule has 7 heteroatoms. The van der Waals surface area contributed by atoms with Crippen molar-refractivity contribution < 1.29 is 17.6 Å². The van der Waals surface area contributed by atoms with Crippen LogP contribution < -0.4 is 0 Å². The monoisotopic (exact) mass is 295 g/mol. The summed E-state index contributed by atoms with van der Waals surface area (Å²) in [6, 6.07) is 0. The Kier molecular flexibility index (Phi) is 5.21. The highest BCUT2D eigenvalue weighted by molar-refractivity contribution is 7.89. The van der Waals surface area contributed by atoms with Crippen molar-refractivity contribution in [1.82, 2.24) is 4.31 Å². The number of furan rings is 1. The number of hydrogen-bond acceptors (Lipinski definition) is 4. The van der Waals surface area contributed by atoms with E-state index in [2.05, 4.69) is 0 Å². The first kappa shape index (κ1) is 15.5. The predicted molar refractivity (Wildman–Crippen MR) is 69.4 cm³/mol. The van der Waals surface area contributed by atoms with Gasteiger partial charge in [-0.25, -0.2) is 8.42 Å². The van der Waals surface area contributed by atoms with Crippen molar-refractivity contribution in [3.05, 3.63) is 17.1 Å². The molecule has 0 atom stereocenters. The number of halogens is 1. The number of rotatable bonds is 6. The number of nitrogens with zero attached hydrogens (tertiary/aromatic N) is 1. The maximum Gasteiger partial charge on any atom is 0.246 e. The molecule has 0 saturated carbocycles. The quantitative estimate of drug-likeness (QED) is 0.752. The Labute approximate surface area is 113 Å². The lowest BCUT2D eigenvalue weighted by molar-refractivity contribution is 0.185. The first-order valence-electron chi connectivity index (χ1n) is 5.46. The summed E-state index contributed by atoms with van der Waals surface area (Å²) in [6.45, 7) is 3.95. The molecule has 0 unspecified atom stereocenters. The molecule has 0 aliphatic carbocycles. The molecular weight excluding hydrogens is 278 g/mol. The average molecular weight is 296 g/mol. The van der Waals surface area contributed by atoms with E-state index in [9.17, 15) is 8.42 Å². The summed E-state index contributed by atoms with van der Waals surface area (Å²) in [7, 11) is -0.555. The molecule has 1 aromatic heterocycles. The lowest BCUT2D eigenvalue weighted by atomic mass is 10.3. The third kappa shape index (κ3) is 2.88. The zero-order valence-electron chi connectivity index (χ0n) is 11.0. The highest BCUT2D eigenvalue weighted by atomic mass is 35.5. The highest BCUT2D eigenvalue weighted by Gasteiger charge is 2.29. The molecule has 0 fully saturated rings. The molecule has 0 N–H and O–H groups in total. The zero-order chi connectivity index (χ0) is 13.9. The van der Waals surface area contributed by atoms with E-state index in [1.54, 1.807) is 13.8 Å². The molecule has 0 saturated heterocycles. The van der Waals surface area contributed by atoms with Crippen LogP contribution in [0.15, 0.2) is 9.31 Å². The van der Waals surface area contributed by atoms with Crippen LogP contribution in [-0.2, 0) is 20.6 Å². The summed E-state index contributed by atoms with van der Waals surface area (Å²) in [5.41, 5.74) is 0.526. The molecule has 1 rings (SSSR count). The molecule has 0 aliphatic heterocycles. The first-order chi connectivity index (χ1) is 8.36. The average Bonchev–Trinajstić information content (AvgIpc) is 2.60. The number of methoxy groups -OCH3 is 1. The molecule has 18 heavy (non-hydrogen) atoms. The van der Waals surface area contributed by atoms with Crippen molar-refractivity contribution in [1.29, 1.82) is 0 Å². The summed E-state index contributed by atoms with van der Waals surface area (Å²) in [5.74, 6) is 1.02. The van der Waals surface area contributed by atoms with Crippen LogP contribution in [0.3, 0.4) is 0 Å². The molecule has 0 bridgehead atoms. The number of sulfonamides is 1. The van der Waals surface area contributed by atoms with Crippen LogP contribution in [0.5, 0.6) is 0 Å². The summed E-state index contributed by atoms with van der Waals surface area (Å²) in [5, 5.41) is 0. The van der Waals surface area contributed by atoms with E-state index in [4.69, 9.17) is 20.8 Å². The molecule has 1 aromatic rings. The third-order valence-electron chi connectivity index (χ3n) is 2.74. The van der Waals surface area contributed by atoms with Crippen LogP contribution in [-0.4, -0.2) is 40.0 Å². The van der Waals surface area contributed by atoms with Gasteiger partial charge in [0.15, 0.2) is 0 Å². The fourth-order valence-corrected chi connectivity index (χ4v) is 3.66. The summed E-state index contributed by atoms with van der Waals surface area (Å²) in [6.07, 6.45) is 0. The molecule has 1 heterocycles. The Morgan fingerprint density at radius 1 is 1.33 bits per heavy atom. The normalized spacial score (nSPS) is 12.3. The van der Waals surface area contributed by atoms with Crippen molar-refractivity contribution >= 4 is 21.6 Å². The van der Waals surface area contributed by atoms with Gasteiger partial charge < -0.3 is 9.15 Å². The molecule has 104 valence electrons. The zero-order valence-corrected chi connectivity index (χ0v) is 12.6. The largest absolute Gasteiger partial charge is 0.465 e. The van der Waals surface area contributed by atoms with E-state index < -0.39 is 10.0 Å². The molecular formula is C11H18ClNO4S. The summed E-state index contributed by atoms with van der Waals surface area (Å²) < 4.78 is 36.3. The fourth-order valence-electron chi connectivity index (χ4n) is 1.70. The molecule has 0 amide bonds. The van der Waals surface area contributed by atoms with E-state index in [0.29, 0.717) is 23.7 Å². The maximum absolute atomic E-state index is 12.4. The number of hydrogen-bond donors (Lipinski definition) is 0. The van der Waals surface area contributed by atoms with Gasteiger partial charge in [0.1, 0.15) is 16.4 Å². The van der Waals surface area contributed by atoms with Gasteiger partial charge in [-0.15, -0.1) is 11.6 Å². The Morgan fingerprint density at radius 3 is 2.44 bits per heavy atom. The summed E-state index contributed by atoms with van der Waals surface area (Å²) >= 11 is 5.80. The molecule has 0 aromatic carbocycles. The van der Waals surface area contributed by atoms with Crippen LogP contribution in [0.2, 0.25) is 0 Å². The smallest absolute Gasteiger partial charge is 0.246 e. The highest BCUT2D eigenvalue weighted by Crippen LogP contribution is 2.29. The topological polar surface area (TPSA) is 59.8 Å². The van der Waals surface area contributed by atoms with Crippen molar-refractivity contribution in [2.75, 3.05) is 27.3 Å². The Bertz CT molecular complexity index is 509. The SMILES string of the molecule is COCCN(C)S(=O)(=O)c1c(C)oc(C)c1CCl. The number of aryl methyl sites for hydroxylation is 2. The van der Waals surface area contributed by atoms with Gasteiger partial charge in [0.05, 0.1) is 12.5 Å². The van der Waals surface area contributed by atoms with E-state index in [-0.39, 0.29) is 17.3 Å². The van der Waals surface area contributed by atoms with Gasteiger partial charge >= 0.3 is 0 Å². The number of likely N-dealkylation sites (N-methyl/N-ethyl adjacent to an activating group) is 1. The second-order valence-corrected chi connectivity index (χ2v) is 6.22. The van der Waals surface area contributed by atoms with Crippen LogP contribution in [0.25, 0.3) is 0 Å². The fraction of sp³-hybridized carbons (Fsp3) is 0.636. The second-order valence-electron chi connectivity index (χ2n) is 3.98. The van der Waals surface area contributed by atoms with Crippen molar-refractivity contribution in [2.24, 2.45) is 0 Å².